The van der Waals surface area contributed by atoms with Crippen LogP contribution in [0.1, 0.15) is 65.7 Å². The number of ketones is 1. The van der Waals surface area contributed by atoms with Crippen LogP contribution in [0.3, 0.4) is 0 Å². The second-order valence-electron chi connectivity index (χ2n) is 10.4. The third kappa shape index (κ3) is 2.65. The maximum Gasteiger partial charge on any atom is 0.159 e. The van der Waals surface area contributed by atoms with E-state index in [0.717, 1.165) is 12.8 Å². The number of carbonyl (C=O) groups is 1. The molecule has 1 aliphatic heterocycles. The van der Waals surface area contributed by atoms with Gasteiger partial charge in [-0.15, -0.1) is 0 Å². The van der Waals surface area contributed by atoms with Crippen molar-refractivity contribution in [3.63, 3.8) is 0 Å². The number of allylic oxidation sites excluding steroid dienone is 4. The maximum absolute atomic E-state index is 13.1. The van der Waals surface area contributed by atoms with Gasteiger partial charge in [0.25, 0.3) is 0 Å². The number of hydrogen-bond donors (Lipinski definition) is 1. The lowest BCUT2D eigenvalue weighted by Gasteiger charge is -2.47. The molecule has 0 amide bonds. The Morgan fingerprint density at radius 1 is 1.25 bits per heavy atom. The Kier molecular flexibility index (Phi) is 4.30. The van der Waals surface area contributed by atoms with Gasteiger partial charge >= 0.3 is 0 Å². The fourth-order valence-corrected chi connectivity index (χ4v) is 7.41. The summed E-state index contributed by atoms with van der Waals surface area (Å²) in [6.07, 6.45) is 15.4. The molecular formula is C25H34O3. The number of epoxide rings is 1. The van der Waals surface area contributed by atoms with Crippen molar-refractivity contribution < 1.29 is 14.6 Å². The molecule has 2 saturated carbocycles. The molecule has 2 bridgehead atoms. The van der Waals surface area contributed by atoms with Gasteiger partial charge in [0, 0.05) is 11.8 Å². The van der Waals surface area contributed by atoms with Gasteiger partial charge in [0.2, 0.25) is 0 Å². The number of aliphatic hydroxyl groups is 1. The smallest absolute Gasteiger partial charge is 0.159 e. The fourth-order valence-electron chi connectivity index (χ4n) is 7.41. The lowest BCUT2D eigenvalue weighted by atomic mass is 9.57. The molecule has 28 heavy (non-hydrogen) atoms. The number of aliphatic hydroxyl groups excluding tert-OH is 1. The monoisotopic (exact) mass is 382 g/mol. The molecule has 3 fully saturated rings. The van der Waals surface area contributed by atoms with Crippen LogP contribution in [-0.4, -0.2) is 28.7 Å². The largest absolute Gasteiger partial charge is 0.393 e. The van der Waals surface area contributed by atoms with Gasteiger partial charge in [-0.05, 0) is 82.1 Å². The first kappa shape index (κ1) is 18.8. The van der Waals surface area contributed by atoms with E-state index in [1.165, 1.54) is 30.4 Å². The molecule has 5 aliphatic rings. The van der Waals surface area contributed by atoms with Gasteiger partial charge in [0.15, 0.2) is 5.78 Å². The molecule has 0 spiro atoms. The van der Waals surface area contributed by atoms with Crippen LogP contribution < -0.4 is 0 Å². The molecule has 5 rings (SSSR count). The summed E-state index contributed by atoms with van der Waals surface area (Å²) >= 11 is 0. The zero-order valence-electron chi connectivity index (χ0n) is 17.5. The summed E-state index contributed by atoms with van der Waals surface area (Å²) in [6, 6.07) is 0. The number of rotatable bonds is 2. The van der Waals surface area contributed by atoms with Crippen LogP contribution in [0.25, 0.3) is 0 Å². The highest BCUT2D eigenvalue weighted by Gasteiger charge is 2.65. The van der Waals surface area contributed by atoms with Gasteiger partial charge in [-0.3, -0.25) is 4.79 Å². The van der Waals surface area contributed by atoms with Crippen LogP contribution in [0.15, 0.2) is 35.5 Å². The molecule has 152 valence electrons. The van der Waals surface area contributed by atoms with Gasteiger partial charge in [0.05, 0.1) is 11.7 Å². The average molecular weight is 383 g/mol. The third-order valence-electron chi connectivity index (χ3n) is 8.91. The molecule has 4 aliphatic carbocycles. The molecule has 1 heterocycles. The lowest BCUT2D eigenvalue weighted by molar-refractivity contribution is -0.119. The minimum atomic E-state index is -0.360. The van der Waals surface area contributed by atoms with Gasteiger partial charge in [0.1, 0.15) is 6.10 Å². The van der Waals surface area contributed by atoms with E-state index in [1.54, 1.807) is 0 Å². The Labute approximate surface area is 168 Å². The first-order chi connectivity index (χ1) is 13.4. The van der Waals surface area contributed by atoms with E-state index in [2.05, 4.69) is 39.0 Å². The summed E-state index contributed by atoms with van der Waals surface area (Å²) in [4.78, 5) is 13.1. The molecule has 8 unspecified atom stereocenters. The predicted octanol–water partition coefficient (Wildman–Crippen LogP) is 4.76. The van der Waals surface area contributed by atoms with Crippen molar-refractivity contribution in [3.8, 4) is 0 Å². The molecule has 0 aromatic carbocycles. The van der Waals surface area contributed by atoms with Crippen molar-refractivity contribution in [2.45, 2.75) is 83.5 Å². The zero-order chi connectivity index (χ0) is 19.7. The fraction of sp³-hybridized carbons (Fsp3) is 0.720. The van der Waals surface area contributed by atoms with Crippen LogP contribution >= 0.6 is 0 Å². The standard InChI is InChI=1S/C25H34O3/c1-4-5-23-25(3,28-23)22-9-8-20-19-14-21(27)16-12-15(6-7-17(26)13-16)18(19)10-11-24(20,22)2/h4-6,14,16-18,20,22-23,26H,7-13H2,1-3H3. The van der Waals surface area contributed by atoms with Crippen LogP contribution in [0.2, 0.25) is 0 Å². The molecule has 0 aromatic rings. The van der Waals surface area contributed by atoms with E-state index >= 15 is 0 Å². The quantitative estimate of drug-likeness (QED) is 0.553. The average Bonchev–Trinajstić information content (AvgIpc) is 3.25. The van der Waals surface area contributed by atoms with E-state index in [4.69, 9.17) is 4.74 Å². The summed E-state index contributed by atoms with van der Waals surface area (Å²) < 4.78 is 6.21. The summed E-state index contributed by atoms with van der Waals surface area (Å²) in [5, 5.41) is 10.2. The van der Waals surface area contributed by atoms with Crippen molar-refractivity contribution >= 4 is 5.78 Å². The molecular weight excluding hydrogens is 348 g/mol. The molecule has 1 N–H and O–H groups in total. The van der Waals surface area contributed by atoms with Crippen LogP contribution in [0, 0.1) is 29.1 Å². The Balaban J connectivity index is 1.48. The van der Waals surface area contributed by atoms with E-state index in [9.17, 15) is 9.90 Å². The molecule has 0 aromatic heterocycles. The highest BCUT2D eigenvalue weighted by atomic mass is 16.6. The van der Waals surface area contributed by atoms with Gasteiger partial charge < -0.3 is 9.84 Å². The number of fused-ring (bicyclic) bond motifs is 6. The SMILES string of the molecule is CC=CC1OC1(C)C1CCC2C3=CC(=O)C4CC(=CCC(O)C4)C3CCC21C. The van der Waals surface area contributed by atoms with E-state index in [-0.39, 0.29) is 34.9 Å². The maximum atomic E-state index is 13.1. The van der Waals surface area contributed by atoms with Crippen molar-refractivity contribution in [3.05, 3.63) is 35.5 Å². The van der Waals surface area contributed by atoms with Crippen molar-refractivity contribution in [2.75, 3.05) is 0 Å². The number of hydrogen-bond acceptors (Lipinski definition) is 3. The third-order valence-corrected chi connectivity index (χ3v) is 8.91. The molecule has 8 atom stereocenters. The van der Waals surface area contributed by atoms with Crippen molar-refractivity contribution in [1.82, 2.24) is 0 Å². The zero-order valence-corrected chi connectivity index (χ0v) is 17.5. The van der Waals surface area contributed by atoms with E-state index in [1.807, 2.05) is 6.08 Å². The van der Waals surface area contributed by atoms with Crippen molar-refractivity contribution in [1.29, 1.82) is 0 Å². The molecule has 0 radical (unpaired) electrons. The van der Waals surface area contributed by atoms with Crippen LogP contribution in [-0.2, 0) is 9.53 Å². The van der Waals surface area contributed by atoms with E-state index < -0.39 is 0 Å². The topological polar surface area (TPSA) is 49.8 Å². The minimum Gasteiger partial charge on any atom is -0.393 e. The van der Waals surface area contributed by atoms with Crippen LogP contribution in [0.4, 0.5) is 0 Å². The molecule has 3 heteroatoms. The highest BCUT2D eigenvalue weighted by molar-refractivity contribution is 5.93. The predicted molar refractivity (Wildman–Crippen MR) is 110 cm³/mol. The van der Waals surface area contributed by atoms with Gasteiger partial charge in [-0.2, -0.15) is 0 Å². The summed E-state index contributed by atoms with van der Waals surface area (Å²) in [5.74, 6) is 1.73. The second kappa shape index (κ2) is 6.40. The highest BCUT2D eigenvalue weighted by Crippen LogP contribution is 2.66. The summed E-state index contributed by atoms with van der Waals surface area (Å²) in [6.45, 7) is 6.84. The first-order valence-corrected chi connectivity index (χ1v) is 11.3. The Morgan fingerprint density at radius 3 is 2.86 bits per heavy atom. The first-order valence-electron chi connectivity index (χ1n) is 11.3. The number of carbonyl (C=O) groups excluding carboxylic acids is 1. The number of ether oxygens (including phenoxy) is 1. The van der Waals surface area contributed by atoms with Crippen molar-refractivity contribution in [2.24, 2.45) is 29.1 Å². The Bertz CT molecular complexity index is 777. The van der Waals surface area contributed by atoms with E-state index in [0.29, 0.717) is 30.6 Å². The van der Waals surface area contributed by atoms with Gasteiger partial charge in [-0.25, -0.2) is 0 Å². The Hall–Kier alpha value is -1.19. The molecule has 1 saturated heterocycles. The Morgan fingerprint density at radius 2 is 2.07 bits per heavy atom. The minimum absolute atomic E-state index is 0.0198. The summed E-state index contributed by atoms with van der Waals surface area (Å²) in [7, 11) is 0. The van der Waals surface area contributed by atoms with Gasteiger partial charge in [-0.1, -0.05) is 36.3 Å². The normalized spacial score (nSPS) is 50.4. The van der Waals surface area contributed by atoms with Crippen LogP contribution in [0.5, 0.6) is 0 Å². The second-order valence-corrected chi connectivity index (χ2v) is 10.4. The summed E-state index contributed by atoms with van der Waals surface area (Å²) in [5.41, 5.74) is 3.04. The lowest BCUT2D eigenvalue weighted by Crippen LogP contribution is -2.42. The molecule has 3 nitrogen and oxygen atoms in total.